The van der Waals surface area contributed by atoms with E-state index in [4.69, 9.17) is 4.42 Å². The van der Waals surface area contributed by atoms with Crippen LogP contribution in [0.3, 0.4) is 0 Å². The molecule has 0 unspecified atom stereocenters. The molecule has 1 heterocycles. The summed E-state index contributed by atoms with van der Waals surface area (Å²) in [5, 5.41) is 2.33. The summed E-state index contributed by atoms with van der Waals surface area (Å²) in [6, 6.07) is 65.8. The van der Waals surface area contributed by atoms with Gasteiger partial charge in [-0.2, -0.15) is 0 Å². The summed E-state index contributed by atoms with van der Waals surface area (Å²) in [6.45, 7) is 18.6. The van der Waals surface area contributed by atoms with Crippen LogP contribution in [0, 0.1) is 0 Å². The second-order valence-electron chi connectivity index (χ2n) is 20.1. The fourth-order valence-electron chi connectivity index (χ4n) is 11.0. The molecular formula is C60H53NO. The first-order chi connectivity index (χ1) is 29.8. The van der Waals surface area contributed by atoms with Gasteiger partial charge in [-0.1, -0.05) is 189 Å². The molecular weight excluding hydrogens is 751 g/mol. The third-order valence-electron chi connectivity index (χ3n) is 14.0. The fraction of sp³-hybridized carbons (Fsp3) is 0.200. The zero-order chi connectivity index (χ0) is 42.8. The Morgan fingerprint density at radius 3 is 1.60 bits per heavy atom. The third kappa shape index (κ3) is 5.48. The quantitative estimate of drug-likeness (QED) is 0.172. The molecule has 11 rings (SSSR count). The molecule has 2 aliphatic carbocycles. The number of fused-ring (bicyclic) bond motifs is 9. The predicted octanol–water partition coefficient (Wildman–Crippen LogP) is 16.3. The maximum absolute atomic E-state index is 6.92. The molecule has 0 atom stereocenters. The Kier molecular flexibility index (Phi) is 8.29. The Morgan fingerprint density at radius 1 is 0.419 bits per heavy atom. The smallest absolute Gasteiger partial charge is 0.137 e. The Morgan fingerprint density at radius 2 is 0.968 bits per heavy atom. The summed E-state index contributed by atoms with van der Waals surface area (Å²) >= 11 is 0. The summed E-state index contributed by atoms with van der Waals surface area (Å²) in [7, 11) is 0. The predicted molar refractivity (Wildman–Crippen MR) is 261 cm³/mol. The minimum absolute atomic E-state index is 0.0317. The summed E-state index contributed by atoms with van der Waals surface area (Å²) in [6.07, 6.45) is 0. The minimum atomic E-state index is -0.478. The zero-order valence-electron chi connectivity index (χ0n) is 37.1. The Balaban J connectivity index is 1.18. The first-order valence-corrected chi connectivity index (χ1v) is 22.2. The second-order valence-corrected chi connectivity index (χ2v) is 20.1. The summed E-state index contributed by atoms with van der Waals surface area (Å²) in [4.78, 5) is 2.48. The van der Waals surface area contributed by atoms with Crippen LogP contribution in [-0.4, -0.2) is 0 Å². The summed E-state index contributed by atoms with van der Waals surface area (Å²) in [5.74, 6) is 0. The van der Waals surface area contributed by atoms with Crippen LogP contribution in [0.5, 0.6) is 0 Å². The van der Waals surface area contributed by atoms with Crippen molar-refractivity contribution in [3.63, 3.8) is 0 Å². The third-order valence-corrected chi connectivity index (χ3v) is 14.0. The van der Waals surface area contributed by atoms with Gasteiger partial charge in [0.05, 0.1) is 16.5 Å². The topological polar surface area (TPSA) is 16.4 Å². The molecule has 0 spiro atoms. The number of hydrogen-bond acceptors (Lipinski definition) is 2. The van der Waals surface area contributed by atoms with Crippen LogP contribution < -0.4 is 4.90 Å². The number of rotatable bonds is 5. The van der Waals surface area contributed by atoms with Crippen LogP contribution >= 0.6 is 0 Å². The number of hydrogen-bond donors (Lipinski definition) is 0. The van der Waals surface area contributed by atoms with Gasteiger partial charge in [0.15, 0.2) is 0 Å². The molecule has 0 radical (unpaired) electrons. The lowest BCUT2D eigenvalue weighted by Crippen LogP contribution is -2.28. The lowest BCUT2D eigenvalue weighted by molar-refractivity contribution is 0.569. The molecule has 8 aromatic carbocycles. The van der Waals surface area contributed by atoms with Crippen molar-refractivity contribution in [2.45, 2.75) is 77.0 Å². The van der Waals surface area contributed by atoms with E-state index in [2.05, 4.69) is 236 Å². The number of furan rings is 1. The second kappa shape index (κ2) is 13.4. The molecule has 62 heavy (non-hydrogen) atoms. The molecule has 1 aromatic heterocycles. The van der Waals surface area contributed by atoms with Gasteiger partial charge in [-0.05, 0) is 120 Å². The van der Waals surface area contributed by atoms with Gasteiger partial charge in [0.1, 0.15) is 11.2 Å². The molecule has 2 aliphatic rings. The van der Waals surface area contributed by atoms with Crippen molar-refractivity contribution in [3.05, 3.63) is 220 Å². The highest BCUT2D eigenvalue weighted by molar-refractivity contribution is 6.15. The van der Waals surface area contributed by atoms with Crippen molar-refractivity contribution in [1.82, 2.24) is 0 Å². The molecule has 9 aromatic rings. The summed E-state index contributed by atoms with van der Waals surface area (Å²) < 4.78 is 6.92. The number of nitrogens with zero attached hydrogens (tertiary/aromatic N) is 1. The fourth-order valence-corrected chi connectivity index (χ4v) is 11.0. The summed E-state index contributed by atoms with van der Waals surface area (Å²) in [5.41, 5.74) is 20.0. The molecule has 0 fully saturated rings. The van der Waals surface area contributed by atoms with Gasteiger partial charge in [0, 0.05) is 22.2 Å². The lowest BCUT2D eigenvalue weighted by atomic mass is 9.68. The Labute approximate surface area is 366 Å². The van der Waals surface area contributed by atoms with Crippen molar-refractivity contribution in [3.8, 4) is 22.3 Å². The Hall–Kier alpha value is -6.64. The van der Waals surface area contributed by atoms with E-state index in [1.807, 2.05) is 0 Å². The normalized spacial score (nSPS) is 14.7. The largest absolute Gasteiger partial charge is 0.456 e. The van der Waals surface area contributed by atoms with Crippen LogP contribution in [0.25, 0.3) is 44.2 Å². The van der Waals surface area contributed by atoms with Gasteiger partial charge >= 0.3 is 0 Å². The highest BCUT2D eigenvalue weighted by atomic mass is 16.3. The zero-order valence-corrected chi connectivity index (χ0v) is 37.1. The van der Waals surface area contributed by atoms with Crippen molar-refractivity contribution in [2.75, 3.05) is 4.90 Å². The SMILES string of the molecule is CC(C)(C)c1cc(C(C)(C)C)c2c(c1)oc1cccc(N(c3ccc(C4(c5ccccc5)c5ccccc5-c5ccccc54)cc3)c3ccc4c(c3)C(C)(C)c3ccccc3-4)c12. The maximum atomic E-state index is 6.92. The van der Waals surface area contributed by atoms with Crippen LogP contribution in [0.4, 0.5) is 17.1 Å². The first-order valence-electron chi connectivity index (χ1n) is 22.2. The van der Waals surface area contributed by atoms with Crippen LogP contribution in [-0.2, 0) is 21.7 Å². The van der Waals surface area contributed by atoms with Gasteiger partial charge in [0.25, 0.3) is 0 Å². The minimum Gasteiger partial charge on any atom is -0.456 e. The van der Waals surface area contributed by atoms with Crippen molar-refractivity contribution in [1.29, 1.82) is 0 Å². The van der Waals surface area contributed by atoms with Crippen molar-refractivity contribution >= 4 is 39.0 Å². The highest BCUT2D eigenvalue weighted by Crippen LogP contribution is 2.57. The average molecular weight is 804 g/mol. The standard InChI is InChI=1S/C60H53NO/c1-57(2,3)40-35-51(58(4,5)6)55-54(36-40)62-53-28-18-27-52(56(53)55)61(42-33-34-46-43-21-12-15-24-47(43)59(7,8)50(46)37-42)41-31-29-39(30-32-41)60(38-19-10-9-11-20-38)48-25-16-13-22-44(48)45-23-14-17-26-49(45)60/h9-37H,1-8H3. The van der Waals surface area contributed by atoms with Gasteiger partial charge in [-0.25, -0.2) is 0 Å². The van der Waals surface area contributed by atoms with E-state index in [1.54, 1.807) is 0 Å². The first kappa shape index (κ1) is 38.3. The molecule has 2 nitrogen and oxygen atoms in total. The molecule has 0 bridgehead atoms. The highest BCUT2D eigenvalue weighted by Gasteiger charge is 2.46. The van der Waals surface area contributed by atoms with Crippen LogP contribution in [0.1, 0.15) is 99.9 Å². The molecule has 0 saturated carbocycles. The van der Waals surface area contributed by atoms with Gasteiger partial charge in [-0.15, -0.1) is 0 Å². The van der Waals surface area contributed by atoms with E-state index in [1.165, 1.54) is 72.1 Å². The monoisotopic (exact) mass is 803 g/mol. The van der Waals surface area contributed by atoms with Crippen LogP contribution in [0.2, 0.25) is 0 Å². The van der Waals surface area contributed by atoms with E-state index in [-0.39, 0.29) is 16.2 Å². The van der Waals surface area contributed by atoms with Gasteiger partial charge in [-0.3, -0.25) is 0 Å². The van der Waals surface area contributed by atoms with Gasteiger partial charge < -0.3 is 9.32 Å². The number of anilines is 3. The average Bonchev–Trinajstić information content (AvgIpc) is 3.88. The molecule has 0 saturated heterocycles. The lowest BCUT2D eigenvalue weighted by Gasteiger charge is -2.34. The molecule has 0 amide bonds. The number of benzene rings is 8. The van der Waals surface area contributed by atoms with E-state index in [0.29, 0.717) is 0 Å². The van der Waals surface area contributed by atoms with Crippen LogP contribution in [0.15, 0.2) is 180 Å². The van der Waals surface area contributed by atoms with E-state index >= 15 is 0 Å². The van der Waals surface area contributed by atoms with E-state index < -0.39 is 5.41 Å². The van der Waals surface area contributed by atoms with Crippen molar-refractivity contribution < 1.29 is 4.42 Å². The molecule has 304 valence electrons. The Bertz CT molecular complexity index is 3180. The molecule has 0 N–H and O–H groups in total. The van der Waals surface area contributed by atoms with E-state index in [0.717, 1.165) is 33.6 Å². The molecule has 2 heteroatoms. The van der Waals surface area contributed by atoms with E-state index in [9.17, 15) is 0 Å². The maximum Gasteiger partial charge on any atom is 0.137 e. The molecule has 0 aliphatic heterocycles. The van der Waals surface area contributed by atoms with Crippen molar-refractivity contribution in [2.24, 2.45) is 0 Å². The van der Waals surface area contributed by atoms with Gasteiger partial charge in [0.2, 0.25) is 0 Å².